The highest BCUT2D eigenvalue weighted by Gasteiger charge is 2.26. The number of rotatable bonds is 4. The number of piperidine rings is 1. The molecule has 7 nitrogen and oxygen atoms in total. The van der Waals surface area contributed by atoms with Crippen LogP contribution in [0.3, 0.4) is 0 Å². The van der Waals surface area contributed by atoms with Crippen LogP contribution < -0.4 is 9.64 Å². The fraction of sp³-hybridized carbons (Fsp3) is 0.333. The van der Waals surface area contributed by atoms with Gasteiger partial charge in [0.2, 0.25) is 23.5 Å². The Hall–Kier alpha value is -2.96. The van der Waals surface area contributed by atoms with Crippen molar-refractivity contribution in [3.63, 3.8) is 0 Å². The number of benzene rings is 1. The van der Waals surface area contributed by atoms with Crippen molar-refractivity contribution in [1.29, 1.82) is 0 Å². The molecular weight excluding hydrogens is 318 g/mol. The third-order valence-corrected chi connectivity index (χ3v) is 4.43. The lowest BCUT2D eigenvalue weighted by molar-refractivity contribution is 0.328. The molecule has 1 fully saturated rings. The monoisotopic (exact) mass is 337 g/mol. The molecule has 7 heteroatoms. The average molecular weight is 337 g/mol. The van der Waals surface area contributed by atoms with Crippen molar-refractivity contribution >= 4 is 5.95 Å². The van der Waals surface area contributed by atoms with E-state index >= 15 is 0 Å². The van der Waals surface area contributed by atoms with Crippen molar-refractivity contribution < 1.29 is 9.26 Å². The largest absolute Gasteiger partial charge is 0.481 e. The standard InChI is InChI=1S/C18H19N5O2/c1-24-15-7-10-19-18(20-15)23-11-8-14(9-12-23)17-21-16(22-25-17)13-5-3-2-4-6-13/h2-7,10,14H,8-9,11-12H2,1H3. The summed E-state index contributed by atoms with van der Waals surface area (Å²) in [4.78, 5) is 15.5. The van der Waals surface area contributed by atoms with Gasteiger partial charge < -0.3 is 14.2 Å². The van der Waals surface area contributed by atoms with Crippen LogP contribution in [0.4, 0.5) is 5.95 Å². The van der Waals surface area contributed by atoms with Gasteiger partial charge in [0.05, 0.1) is 7.11 Å². The van der Waals surface area contributed by atoms with Crippen molar-refractivity contribution in [2.75, 3.05) is 25.1 Å². The third kappa shape index (κ3) is 3.31. The van der Waals surface area contributed by atoms with E-state index in [-0.39, 0.29) is 5.92 Å². The summed E-state index contributed by atoms with van der Waals surface area (Å²) in [5.74, 6) is 2.91. The van der Waals surface area contributed by atoms with Crippen molar-refractivity contribution in [3.8, 4) is 17.3 Å². The molecule has 0 amide bonds. The molecule has 0 unspecified atom stereocenters. The Bertz CT molecular complexity index is 828. The summed E-state index contributed by atoms with van der Waals surface area (Å²) < 4.78 is 10.7. The van der Waals surface area contributed by atoms with Gasteiger partial charge in [-0.05, 0) is 12.8 Å². The van der Waals surface area contributed by atoms with Crippen LogP contribution in [0.5, 0.6) is 5.88 Å². The van der Waals surface area contributed by atoms with Crippen LogP contribution in [0.25, 0.3) is 11.4 Å². The predicted molar refractivity (Wildman–Crippen MR) is 92.5 cm³/mol. The molecule has 128 valence electrons. The maximum absolute atomic E-state index is 5.51. The lowest BCUT2D eigenvalue weighted by Crippen LogP contribution is -2.34. The molecule has 1 saturated heterocycles. The molecule has 3 heterocycles. The minimum absolute atomic E-state index is 0.270. The highest BCUT2D eigenvalue weighted by atomic mass is 16.5. The fourth-order valence-corrected chi connectivity index (χ4v) is 3.03. The summed E-state index contributed by atoms with van der Waals surface area (Å²) >= 11 is 0. The molecule has 0 bridgehead atoms. The van der Waals surface area contributed by atoms with E-state index in [9.17, 15) is 0 Å². The zero-order valence-corrected chi connectivity index (χ0v) is 14.0. The van der Waals surface area contributed by atoms with Gasteiger partial charge in [-0.1, -0.05) is 35.5 Å². The second-order valence-electron chi connectivity index (χ2n) is 5.98. The first-order chi connectivity index (χ1) is 12.3. The van der Waals surface area contributed by atoms with Crippen LogP contribution in [-0.4, -0.2) is 40.3 Å². The highest BCUT2D eigenvalue weighted by Crippen LogP contribution is 2.30. The molecule has 1 aromatic carbocycles. The number of ether oxygens (including phenoxy) is 1. The number of hydrogen-bond donors (Lipinski definition) is 0. The van der Waals surface area contributed by atoms with Crippen LogP contribution in [0.1, 0.15) is 24.7 Å². The van der Waals surface area contributed by atoms with Crippen molar-refractivity contribution in [3.05, 3.63) is 48.5 Å². The fourth-order valence-electron chi connectivity index (χ4n) is 3.03. The van der Waals surface area contributed by atoms with Crippen molar-refractivity contribution in [2.45, 2.75) is 18.8 Å². The number of hydrogen-bond acceptors (Lipinski definition) is 7. The summed E-state index contributed by atoms with van der Waals surface area (Å²) in [7, 11) is 1.61. The molecule has 4 rings (SSSR count). The molecule has 2 aromatic heterocycles. The molecule has 0 spiro atoms. The van der Waals surface area contributed by atoms with E-state index < -0.39 is 0 Å². The van der Waals surface area contributed by atoms with Gasteiger partial charge in [0.15, 0.2) is 0 Å². The maximum Gasteiger partial charge on any atom is 0.230 e. The van der Waals surface area contributed by atoms with E-state index in [2.05, 4.69) is 25.0 Å². The van der Waals surface area contributed by atoms with Crippen LogP contribution in [0.15, 0.2) is 47.1 Å². The van der Waals surface area contributed by atoms with E-state index in [0.29, 0.717) is 23.5 Å². The van der Waals surface area contributed by atoms with Gasteiger partial charge >= 0.3 is 0 Å². The van der Waals surface area contributed by atoms with Crippen LogP contribution in [0.2, 0.25) is 0 Å². The quantitative estimate of drug-likeness (QED) is 0.724. The summed E-state index contributed by atoms with van der Waals surface area (Å²) in [6, 6.07) is 11.6. The first kappa shape index (κ1) is 15.6. The van der Waals surface area contributed by atoms with Gasteiger partial charge in [-0.15, -0.1) is 0 Å². The van der Waals surface area contributed by atoms with Crippen LogP contribution in [0, 0.1) is 0 Å². The third-order valence-electron chi connectivity index (χ3n) is 4.43. The molecule has 3 aromatic rings. The van der Waals surface area contributed by atoms with E-state index in [4.69, 9.17) is 9.26 Å². The molecule has 0 atom stereocenters. The van der Waals surface area contributed by atoms with Crippen LogP contribution in [-0.2, 0) is 0 Å². The van der Waals surface area contributed by atoms with Gasteiger partial charge in [0.25, 0.3) is 0 Å². The normalized spacial score (nSPS) is 15.3. The van der Waals surface area contributed by atoms with Crippen LogP contribution >= 0.6 is 0 Å². The number of aromatic nitrogens is 4. The Balaban J connectivity index is 1.43. The first-order valence-corrected chi connectivity index (χ1v) is 8.34. The van der Waals surface area contributed by atoms with Gasteiger partial charge in [0.1, 0.15) is 0 Å². The maximum atomic E-state index is 5.51. The Labute approximate surface area is 145 Å². The zero-order chi connectivity index (χ0) is 17.1. The number of nitrogens with zero attached hydrogens (tertiary/aromatic N) is 5. The number of methoxy groups -OCH3 is 1. The second kappa shape index (κ2) is 6.88. The van der Waals surface area contributed by atoms with E-state index in [1.54, 1.807) is 19.4 Å². The average Bonchev–Trinajstić information content (AvgIpc) is 3.19. The SMILES string of the molecule is COc1ccnc(N2CCC(c3nc(-c4ccccc4)no3)CC2)n1. The van der Waals surface area contributed by atoms with Crippen molar-refractivity contribution in [1.82, 2.24) is 20.1 Å². The zero-order valence-electron chi connectivity index (χ0n) is 14.0. The molecule has 0 saturated carbocycles. The highest BCUT2D eigenvalue weighted by molar-refractivity contribution is 5.53. The van der Waals surface area contributed by atoms with E-state index in [1.807, 2.05) is 30.3 Å². The lowest BCUT2D eigenvalue weighted by atomic mass is 9.97. The predicted octanol–water partition coefficient (Wildman–Crippen LogP) is 2.92. The summed E-state index contributed by atoms with van der Waals surface area (Å²) in [5, 5.41) is 4.12. The lowest BCUT2D eigenvalue weighted by Gasteiger charge is -2.30. The second-order valence-corrected chi connectivity index (χ2v) is 5.98. The Morgan fingerprint density at radius 1 is 1.08 bits per heavy atom. The first-order valence-electron chi connectivity index (χ1n) is 8.34. The minimum atomic E-state index is 0.270. The van der Waals surface area contributed by atoms with Gasteiger partial charge in [0, 0.05) is 36.8 Å². The Kier molecular flexibility index (Phi) is 4.28. The van der Waals surface area contributed by atoms with Gasteiger partial charge in [-0.2, -0.15) is 9.97 Å². The smallest absolute Gasteiger partial charge is 0.230 e. The summed E-state index contributed by atoms with van der Waals surface area (Å²) in [5.41, 5.74) is 0.972. The molecule has 0 aliphatic carbocycles. The molecule has 0 radical (unpaired) electrons. The minimum Gasteiger partial charge on any atom is -0.481 e. The molecule has 1 aliphatic rings. The molecule has 0 N–H and O–H groups in total. The van der Waals surface area contributed by atoms with Gasteiger partial charge in [-0.25, -0.2) is 4.98 Å². The Morgan fingerprint density at radius 2 is 1.88 bits per heavy atom. The van der Waals surface area contributed by atoms with Crippen molar-refractivity contribution in [2.24, 2.45) is 0 Å². The summed E-state index contributed by atoms with van der Waals surface area (Å²) in [6.45, 7) is 1.70. The number of anilines is 1. The topological polar surface area (TPSA) is 77.2 Å². The van der Waals surface area contributed by atoms with E-state index in [0.717, 1.165) is 31.5 Å². The van der Waals surface area contributed by atoms with E-state index in [1.165, 1.54) is 0 Å². The Morgan fingerprint density at radius 3 is 2.64 bits per heavy atom. The molecule has 1 aliphatic heterocycles. The molecule has 25 heavy (non-hydrogen) atoms. The molecular formula is C18H19N5O2. The summed E-state index contributed by atoms with van der Waals surface area (Å²) in [6.07, 6.45) is 3.57. The van der Waals surface area contributed by atoms with Gasteiger partial charge in [-0.3, -0.25) is 0 Å².